The molecule has 0 amide bonds. The molecule has 2 aliphatic heterocycles. The third kappa shape index (κ3) is 7.10. The Kier molecular flexibility index (Phi) is 7.67. The second-order valence-corrected chi connectivity index (χ2v) is 6.86. The average Bonchev–Trinajstić information content (AvgIpc) is 3.38. The van der Waals surface area contributed by atoms with Crippen LogP contribution in [0.5, 0.6) is 0 Å². The first-order chi connectivity index (χ1) is 10.7. The van der Waals surface area contributed by atoms with Crippen molar-refractivity contribution < 1.29 is 19.4 Å². The molecule has 22 heavy (non-hydrogen) atoms. The number of unbranched alkanes of at least 4 members (excludes halogenated alkanes) is 6. The molecule has 4 nitrogen and oxygen atoms in total. The Labute approximate surface area is 134 Å². The summed E-state index contributed by atoms with van der Waals surface area (Å²) < 4.78 is 11.5. The summed E-state index contributed by atoms with van der Waals surface area (Å²) in [5.74, 6) is -0.676. The lowest BCUT2D eigenvalue weighted by atomic mass is 10.0. The fourth-order valence-electron chi connectivity index (χ4n) is 3.26. The maximum absolute atomic E-state index is 10.4. The van der Waals surface area contributed by atoms with Crippen LogP contribution in [0.2, 0.25) is 0 Å². The third-order valence-corrected chi connectivity index (χ3v) is 4.81. The van der Waals surface area contributed by atoms with Crippen molar-refractivity contribution in [3.8, 4) is 0 Å². The van der Waals surface area contributed by atoms with Crippen LogP contribution in [0.15, 0.2) is 0 Å². The van der Waals surface area contributed by atoms with Crippen molar-refractivity contribution in [2.75, 3.05) is 0 Å². The topological polar surface area (TPSA) is 62.4 Å². The van der Waals surface area contributed by atoms with Crippen LogP contribution in [-0.4, -0.2) is 35.5 Å². The molecule has 2 heterocycles. The van der Waals surface area contributed by atoms with Crippen LogP contribution in [0.25, 0.3) is 0 Å². The Bertz CT molecular complexity index is 331. The number of rotatable bonds is 14. The van der Waals surface area contributed by atoms with E-state index in [1.807, 2.05) is 0 Å². The number of ether oxygens (including phenoxy) is 2. The Hall–Kier alpha value is -0.610. The summed E-state index contributed by atoms with van der Waals surface area (Å²) in [6.07, 6.45) is 15.0. The quantitative estimate of drug-likeness (QED) is 0.383. The minimum atomic E-state index is -0.676. The van der Waals surface area contributed by atoms with Crippen molar-refractivity contribution in [3.63, 3.8) is 0 Å². The molecular formula is C18H32O4. The van der Waals surface area contributed by atoms with E-state index < -0.39 is 5.97 Å². The maximum Gasteiger partial charge on any atom is 0.303 e. The molecule has 4 atom stereocenters. The van der Waals surface area contributed by atoms with Crippen LogP contribution in [-0.2, 0) is 14.3 Å². The van der Waals surface area contributed by atoms with Crippen LogP contribution in [0.3, 0.4) is 0 Å². The summed E-state index contributed by atoms with van der Waals surface area (Å²) in [6, 6.07) is 0. The fraction of sp³-hybridized carbons (Fsp3) is 0.944. The summed E-state index contributed by atoms with van der Waals surface area (Å²) in [5, 5.41) is 8.56. The standard InChI is InChI=1S/C18H32O4/c1-2-3-7-10-14-16(21-14)13-17-15(22-17)11-8-5-4-6-9-12-18(19)20/h14-17H,2-13H2,1H3,(H,19,20). The molecule has 0 bridgehead atoms. The molecule has 2 rings (SSSR count). The Morgan fingerprint density at radius 3 is 1.95 bits per heavy atom. The summed E-state index contributed by atoms with van der Waals surface area (Å²) in [6.45, 7) is 2.24. The van der Waals surface area contributed by atoms with E-state index in [9.17, 15) is 4.79 Å². The van der Waals surface area contributed by atoms with Gasteiger partial charge in [-0.15, -0.1) is 0 Å². The minimum Gasteiger partial charge on any atom is -0.481 e. The van der Waals surface area contributed by atoms with E-state index in [0.717, 1.165) is 32.1 Å². The smallest absolute Gasteiger partial charge is 0.303 e. The highest BCUT2D eigenvalue weighted by atomic mass is 16.6. The van der Waals surface area contributed by atoms with Gasteiger partial charge in [-0.05, 0) is 19.3 Å². The lowest BCUT2D eigenvalue weighted by Crippen LogP contribution is -2.02. The summed E-state index contributed by atoms with van der Waals surface area (Å²) in [4.78, 5) is 10.4. The number of carboxylic acid groups (broad SMARTS) is 1. The van der Waals surface area contributed by atoms with Gasteiger partial charge in [0.2, 0.25) is 0 Å². The Balaban J connectivity index is 1.36. The molecule has 0 saturated carbocycles. The number of aliphatic carboxylic acids is 1. The molecule has 0 radical (unpaired) electrons. The molecule has 128 valence electrons. The highest BCUT2D eigenvalue weighted by Crippen LogP contribution is 2.39. The zero-order valence-corrected chi connectivity index (χ0v) is 14.0. The van der Waals surface area contributed by atoms with Gasteiger partial charge in [0.15, 0.2) is 0 Å². The zero-order chi connectivity index (χ0) is 15.8. The molecular weight excluding hydrogens is 280 g/mol. The number of hydrogen-bond donors (Lipinski definition) is 1. The molecule has 0 aromatic rings. The summed E-state index contributed by atoms with van der Waals surface area (Å²) in [5.41, 5.74) is 0. The van der Waals surface area contributed by atoms with Crippen molar-refractivity contribution in [2.45, 2.75) is 108 Å². The molecule has 4 unspecified atom stereocenters. The van der Waals surface area contributed by atoms with E-state index in [0.29, 0.717) is 30.8 Å². The van der Waals surface area contributed by atoms with Crippen molar-refractivity contribution >= 4 is 5.97 Å². The largest absolute Gasteiger partial charge is 0.481 e. The van der Waals surface area contributed by atoms with E-state index in [4.69, 9.17) is 14.6 Å². The number of epoxide rings is 2. The average molecular weight is 312 g/mol. The molecule has 0 aliphatic carbocycles. The normalized spacial score (nSPS) is 29.5. The molecule has 0 spiro atoms. The van der Waals surface area contributed by atoms with Crippen molar-refractivity contribution in [2.24, 2.45) is 0 Å². The molecule has 2 saturated heterocycles. The lowest BCUT2D eigenvalue weighted by Gasteiger charge is -1.99. The van der Waals surface area contributed by atoms with Gasteiger partial charge in [-0.2, -0.15) is 0 Å². The van der Waals surface area contributed by atoms with Gasteiger partial charge in [0, 0.05) is 12.8 Å². The maximum atomic E-state index is 10.4. The van der Waals surface area contributed by atoms with Crippen LogP contribution < -0.4 is 0 Å². The van der Waals surface area contributed by atoms with E-state index in [1.165, 1.54) is 38.5 Å². The Morgan fingerprint density at radius 1 is 0.818 bits per heavy atom. The first-order valence-corrected chi connectivity index (χ1v) is 9.23. The van der Waals surface area contributed by atoms with Crippen LogP contribution in [0.1, 0.15) is 84.0 Å². The monoisotopic (exact) mass is 312 g/mol. The van der Waals surface area contributed by atoms with E-state index in [-0.39, 0.29) is 0 Å². The van der Waals surface area contributed by atoms with Gasteiger partial charge in [-0.1, -0.05) is 51.9 Å². The predicted octanol–water partition coefficient (Wildman–Crippen LogP) is 4.31. The fourth-order valence-corrected chi connectivity index (χ4v) is 3.26. The molecule has 2 fully saturated rings. The van der Waals surface area contributed by atoms with Gasteiger partial charge in [0.1, 0.15) is 0 Å². The molecule has 0 aromatic heterocycles. The minimum absolute atomic E-state index is 0.314. The van der Waals surface area contributed by atoms with Gasteiger partial charge < -0.3 is 14.6 Å². The molecule has 1 N–H and O–H groups in total. The Morgan fingerprint density at radius 2 is 1.36 bits per heavy atom. The molecule has 0 aromatic carbocycles. The predicted molar refractivity (Wildman–Crippen MR) is 86.0 cm³/mol. The van der Waals surface area contributed by atoms with Crippen LogP contribution in [0.4, 0.5) is 0 Å². The number of carbonyl (C=O) groups is 1. The SMILES string of the molecule is CCCCCC1OC1CC1OC1CCCCCCCC(=O)O. The summed E-state index contributed by atoms with van der Waals surface area (Å²) in [7, 11) is 0. The van der Waals surface area contributed by atoms with E-state index in [2.05, 4.69) is 6.92 Å². The van der Waals surface area contributed by atoms with Crippen molar-refractivity contribution in [3.05, 3.63) is 0 Å². The first kappa shape index (κ1) is 17.7. The molecule has 2 aliphatic rings. The van der Waals surface area contributed by atoms with E-state index >= 15 is 0 Å². The zero-order valence-electron chi connectivity index (χ0n) is 14.0. The van der Waals surface area contributed by atoms with Crippen LogP contribution >= 0.6 is 0 Å². The van der Waals surface area contributed by atoms with Crippen molar-refractivity contribution in [1.82, 2.24) is 0 Å². The van der Waals surface area contributed by atoms with Gasteiger partial charge in [0.05, 0.1) is 24.4 Å². The van der Waals surface area contributed by atoms with Crippen LogP contribution in [0, 0.1) is 0 Å². The van der Waals surface area contributed by atoms with Gasteiger partial charge in [0.25, 0.3) is 0 Å². The lowest BCUT2D eigenvalue weighted by molar-refractivity contribution is -0.137. The second-order valence-electron chi connectivity index (χ2n) is 6.86. The second kappa shape index (κ2) is 9.51. The van der Waals surface area contributed by atoms with Gasteiger partial charge in [-0.3, -0.25) is 4.79 Å². The van der Waals surface area contributed by atoms with Gasteiger partial charge in [-0.25, -0.2) is 0 Å². The molecule has 4 heteroatoms. The summed E-state index contributed by atoms with van der Waals surface area (Å²) >= 11 is 0. The van der Waals surface area contributed by atoms with E-state index in [1.54, 1.807) is 0 Å². The van der Waals surface area contributed by atoms with Gasteiger partial charge >= 0.3 is 5.97 Å². The number of carboxylic acids is 1. The first-order valence-electron chi connectivity index (χ1n) is 9.23. The van der Waals surface area contributed by atoms with Crippen molar-refractivity contribution in [1.29, 1.82) is 0 Å². The highest BCUT2D eigenvalue weighted by Gasteiger charge is 2.47. The highest BCUT2D eigenvalue weighted by molar-refractivity contribution is 5.66. The third-order valence-electron chi connectivity index (χ3n) is 4.81. The number of hydrogen-bond acceptors (Lipinski definition) is 3.